The minimum absolute atomic E-state index is 0.140. The molecule has 1 heterocycles. The summed E-state index contributed by atoms with van der Waals surface area (Å²) in [5.41, 5.74) is 2.55. The topological polar surface area (TPSA) is 135 Å². The Morgan fingerprint density at radius 3 is 2.22 bits per heavy atom. The number of hydrogen-bond acceptors (Lipinski definition) is 8. The number of nitrogens with one attached hydrogen (secondary N) is 1. The second-order valence-electron chi connectivity index (χ2n) is 8.42. The Morgan fingerprint density at radius 1 is 1.05 bits per heavy atom. The highest BCUT2D eigenvalue weighted by Crippen LogP contribution is 2.33. The van der Waals surface area contributed by atoms with Crippen molar-refractivity contribution < 1.29 is 37.6 Å². The number of carboxylic acid groups (broad SMARTS) is 1. The first kappa shape index (κ1) is 30.8. The van der Waals surface area contributed by atoms with Gasteiger partial charge < -0.3 is 24.4 Å². The molecule has 2 aromatic carbocycles. The van der Waals surface area contributed by atoms with Crippen LogP contribution in [0, 0.1) is 0 Å². The number of fused-ring (bicyclic) bond motifs is 1. The lowest BCUT2D eigenvalue weighted by atomic mass is 9.98. The molecule has 1 atom stereocenters. The zero-order valence-corrected chi connectivity index (χ0v) is 23.9. The van der Waals surface area contributed by atoms with Crippen LogP contribution in [0.4, 0.5) is 0 Å². The molecule has 0 aromatic heterocycles. The zero-order valence-electron chi connectivity index (χ0n) is 21.5. The predicted molar refractivity (Wildman–Crippen MR) is 143 cm³/mol. The van der Waals surface area contributed by atoms with Gasteiger partial charge in [0.2, 0.25) is 10.0 Å². The number of sulfonamides is 1. The van der Waals surface area contributed by atoms with Crippen LogP contribution in [0.5, 0.6) is 17.2 Å². The Balaban J connectivity index is 0.000000717. The van der Waals surface area contributed by atoms with Crippen LogP contribution < -0.4 is 18.9 Å². The van der Waals surface area contributed by atoms with Crippen LogP contribution in [0.1, 0.15) is 30.9 Å². The lowest BCUT2D eigenvalue weighted by molar-refractivity contribution is -0.145. The van der Waals surface area contributed by atoms with Crippen LogP contribution in [0.15, 0.2) is 39.7 Å². The number of unbranched alkanes of at least 4 members (excludes halogenated alkanes) is 1. The van der Waals surface area contributed by atoms with Gasteiger partial charge in [-0.25, -0.2) is 17.9 Å². The molecule has 1 aliphatic heterocycles. The first-order chi connectivity index (χ1) is 17.5. The number of carbonyl (C=O) groups is 1. The van der Waals surface area contributed by atoms with Crippen molar-refractivity contribution in [2.45, 2.75) is 43.7 Å². The molecule has 2 aromatic rings. The van der Waals surface area contributed by atoms with Gasteiger partial charge in [0.05, 0.1) is 21.3 Å². The number of carboxylic acids is 1. The average Bonchev–Trinajstić information content (AvgIpc) is 2.87. The normalized spacial score (nSPS) is 14.1. The Morgan fingerprint density at radius 2 is 1.65 bits per heavy atom. The third-order valence-corrected chi connectivity index (χ3v) is 7.74. The summed E-state index contributed by atoms with van der Waals surface area (Å²) >= 11 is 3.32. The minimum Gasteiger partial charge on any atom is -0.495 e. The maximum Gasteiger partial charge on any atom is 0.332 e. The Hall–Kier alpha value is -2.38. The summed E-state index contributed by atoms with van der Waals surface area (Å²) < 4.78 is 44.6. The quantitative estimate of drug-likeness (QED) is 0.332. The molecule has 0 spiro atoms. The molecule has 0 fully saturated rings. The van der Waals surface area contributed by atoms with Gasteiger partial charge in [-0.15, -0.1) is 0 Å². The molecule has 12 heteroatoms. The van der Waals surface area contributed by atoms with Crippen molar-refractivity contribution >= 4 is 31.9 Å². The van der Waals surface area contributed by atoms with Gasteiger partial charge >= 0.3 is 5.97 Å². The third-order valence-electron chi connectivity index (χ3n) is 5.76. The highest BCUT2D eigenvalue weighted by molar-refractivity contribution is 9.10. The Bertz CT molecular complexity index is 1160. The summed E-state index contributed by atoms with van der Waals surface area (Å²) in [5.74, 6) is 0.661. The molecule has 1 unspecified atom stereocenters. The molecule has 206 valence electrons. The summed E-state index contributed by atoms with van der Waals surface area (Å²) in [7, 11) is 1.13. The number of nitrogens with zero attached hydrogens (tertiary/aromatic N) is 1. The van der Waals surface area contributed by atoms with Gasteiger partial charge in [-0.3, -0.25) is 4.90 Å². The molecule has 0 saturated carbocycles. The fourth-order valence-electron chi connectivity index (χ4n) is 3.74. The average molecular weight is 604 g/mol. The van der Waals surface area contributed by atoms with Crippen LogP contribution in [0.2, 0.25) is 0 Å². The molecule has 0 saturated heterocycles. The number of aliphatic hydroxyl groups is 1. The van der Waals surface area contributed by atoms with Gasteiger partial charge in [-0.2, -0.15) is 0 Å². The van der Waals surface area contributed by atoms with Crippen molar-refractivity contribution in [3.8, 4) is 17.2 Å². The number of aliphatic carboxylic acids is 1. The number of methoxy groups -OCH3 is 3. The van der Waals surface area contributed by atoms with E-state index in [1.807, 2.05) is 0 Å². The van der Waals surface area contributed by atoms with Gasteiger partial charge in [-0.1, -0.05) is 15.9 Å². The molecule has 0 aliphatic carbocycles. The van der Waals surface area contributed by atoms with Crippen molar-refractivity contribution in [2.75, 3.05) is 41.0 Å². The molecule has 3 N–H and O–H groups in total. The Kier molecular flexibility index (Phi) is 12.1. The maximum absolute atomic E-state index is 12.6. The van der Waals surface area contributed by atoms with E-state index in [9.17, 15) is 13.2 Å². The summed E-state index contributed by atoms with van der Waals surface area (Å²) in [4.78, 5) is 12.0. The monoisotopic (exact) mass is 602 g/mol. The number of hydrogen-bond donors (Lipinski definition) is 3. The van der Waals surface area contributed by atoms with Gasteiger partial charge in [0.25, 0.3) is 0 Å². The molecule has 0 bridgehead atoms. The lowest BCUT2D eigenvalue weighted by Gasteiger charge is -2.29. The van der Waals surface area contributed by atoms with Crippen molar-refractivity contribution in [1.82, 2.24) is 9.62 Å². The zero-order chi connectivity index (χ0) is 27.6. The number of ether oxygens (including phenoxy) is 3. The van der Waals surface area contributed by atoms with E-state index in [4.69, 9.17) is 24.4 Å². The van der Waals surface area contributed by atoms with E-state index in [0.717, 1.165) is 50.4 Å². The van der Waals surface area contributed by atoms with Crippen LogP contribution in [0.25, 0.3) is 0 Å². The maximum atomic E-state index is 12.6. The molecular formula is C25H35BrN2O8S. The molecular weight excluding hydrogens is 568 g/mol. The Labute approximate surface area is 226 Å². The van der Waals surface area contributed by atoms with E-state index in [1.54, 1.807) is 32.4 Å². The van der Waals surface area contributed by atoms with Crippen molar-refractivity contribution in [1.29, 1.82) is 0 Å². The highest BCUT2D eigenvalue weighted by Gasteiger charge is 2.21. The molecule has 0 radical (unpaired) electrons. The number of halogens is 1. The SMILES string of the molecule is CC(O)C(=O)O.COc1cc2c(cc1OC)CN(CCCCNS(=O)(=O)c1cc(Br)ccc1OC)CC2. The standard InChI is InChI=1S/C22H29BrN2O5S.C3H6O3/c1-28-19-7-6-18(23)14-22(19)31(26,27)24-9-4-5-10-25-11-8-16-12-20(29-2)21(30-3)13-17(16)15-25;1-2(4)3(5)6/h6-7,12-14,24H,4-5,8-11,15H2,1-3H3;2,4H,1H3,(H,5,6). The summed E-state index contributed by atoms with van der Waals surface area (Å²) in [6.45, 7) is 4.33. The molecule has 10 nitrogen and oxygen atoms in total. The van der Waals surface area contributed by atoms with E-state index in [1.165, 1.54) is 25.2 Å². The van der Waals surface area contributed by atoms with Gasteiger partial charge in [0.1, 0.15) is 16.7 Å². The van der Waals surface area contributed by atoms with Gasteiger partial charge in [0, 0.05) is 24.1 Å². The van der Waals surface area contributed by atoms with Crippen molar-refractivity contribution in [3.63, 3.8) is 0 Å². The summed E-state index contributed by atoms with van der Waals surface area (Å²) in [6.07, 6.45) is 1.39. The second kappa shape index (κ2) is 14.5. The van der Waals surface area contributed by atoms with Gasteiger partial charge in [-0.05, 0) is 74.2 Å². The van der Waals surface area contributed by atoms with Gasteiger partial charge in [0.15, 0.2) is 11.5 Å². The highest BCUT2D eigenvalue weighted by atomic mass is 79.9. The molecule has 3 rings (SSSR count). The van der Waals surface area contributed by atoms with E-state index in [0.29, 0.717) is 16.8 Å². The van der Waals surface area contributed by atoms with E-state index >= 15 is 0 Å². The predicted octanol–water partition coefficient (Wildman–Crippen LogP) is 3.04. The number of rotatable bonds is 11. The number of benzene rings is 2. The minimum atomic E-state index is -3.63. The lowest BCUT2D eigenvalue weighted by Crippen LogP contribution is -2.32. The second-order valence-corrected chi connectivity index (χ2v) is 11.1. The largest absolute Gasteiger partial charge is 0.495 e. The van der Waals surface area contributed by atoms with E-state index < -0.39 is 22.1 Å². The number of aliphatic hydroxyl groups excluding tert-OH is 1. The van der Waals surface area contributed by atoms with Crippen LogP contribution in [-0.2, 0) is 27.8 Å². The first-order valence-corrected chi connectivity index (χ1v) is 14.0. The smallest absolute Gasteiger partial charge is 0.332 e. The van der Waals surface area contributed by atoms with Crippen LogP contribution in [-0.4, -0.2) is 76.6 Å². The summed E-state index contributed by atoms with van der Waals surface area (Å²) in [6, 6.07) is 9.06. The third kappa shape index (κ3) is 9.15. The van der Waals surface area contributed by atoms with E-state index in [-0.39, 0.29) is 4.90 Å². The van der Waals surface area contributed by atoms with Crippen molar-refractivity contribution in [3.05, 3.63) is 45.9 Å². The van der Waals surface area contributed by atoms with Crippen LogP contribution in [0.3, 0.4) is 0 Å². The van der Waals surface area contributed by atoms with E-state index in [2.05, 4.69) is 37.7 Å². The summed E-state index contributed by atoms with van der Waals surface area (Å²) in [5, 5.41) is 15.8. The molecule has 37 heavy (non-hydrogen) atoms. The van der Waals surface area contributed by atoms with Crippen molar-refractivity contribution in [2.24, 2.45) is 0 Å². The van der Waals surface area contributed by atoms with Crippen LogP contribution >= 0.6 is 15.9 Å². The first-order valence-electron chi connectivity index (χ1n) is 11.7. The fraction of sp³-hybridized carbons (Fsp3) is 0.480. The fourth-order valence-corrected chi connectivity index (χ4v) is 5.52. The molecule has 0 amide bonds. The molecule has 1 aliphatic rings.